The highest BCUT2D eigenvalue weighted by molar-refractivity contribution is 5.94. The van der Waals surface area contributed by atoms with Crippen LogP contribution in [0.4, 0.5) is 0 Å². The minimum absolute atomic E-state index is 0.166. The molecule has 0 fully saturated rings. The Hall–Kier alpha value is -1.12. The zero-order chi connectivity index (χ0) is 10.8. The summed E-state index contributed by atoms with van der Waals surface area (Å²) in [5, 5.41) is 8.32. The highest BCUT2D eigenvalue weighted by Crippen LogP contribution is 2.06. The number of carboxylic acids is 1. The van der Waals surface area contributed by atoms with Gasteiger partial charge in [0.15, 0.2) is 0 Å². The average molecular weight is 198 g/mol. The molecule has 0 aromatic carbocycles. The van der Waals surface area contributed by atoms with Gasteiger partial charge in [0, 0.05) is 6.42 Å². The number of rotatable bonds is 9. The molecule has 0 heterocycles. The van der Waals surface area contributed by atoms with E-state index >= 15 is 0 Å². The predicted octanol–water partition coefficient (Wildman–Crippen LogP) is 2.56. The molecule has 0 spiro atoms. The van der Waals surface area contributed by atoms with Crippen LogP contribution in [0.3, 0.4) is 0 Å². The van der Waals surface area contributed by atoms with Crippen LogP contribution in [0.25, 0.3) is 0 Å². The number of Topliss-reactive ketones (excluding diaryl/α,β-unsaturated/α-hetero) is 1. The first-order valence-corrected chi connectivity index (χ1v) is 5.01. The number of hydrogen-bond donors (Lipinski definition) is 1. The number of unbranched alkanes of at least 4 members (excludes halogenated alkanes) is 4. The predicted molar refractivity (Wildman–Crippen MR) is 55.2 cm³/mol. The minimum atomic E-state index is -1.03. The largest absolute Gasteiger partial charge is 0.481 e. The Labute approximate surface area is 84.8 Å². The molecule has 0 saturated carbocycles. The lowest BCUT2D eigenvalue weighted by atomic mass is 10.1. The standard InChI is InChI=1S/C11H18O3/c1-2-3-4-5-6-7-8-10(12)9-11(13)14/h2H,1,3-9H2,(H,13,14). The molecule has 0 aliphatic heterocycles. The number of carbonyl (C=O) groups is 2. The Kier molecular flexibility index (Phi) is 7.80. The van der Waals surface area contributed by atoms with Crippen LogP contribution in [0.5, 0.6) is 0 Å². The van der Waals surface area contributed by atoms with Crippen molar-refractivity contribution < 1.29 is 14.7 Å². The lowest BCUT2D eigenvalue weighted by molar-refractivity contribution is -0.140. The maximum absolute atomic E-state index is 10.9. The van der Waals surface area contributed by atoms with E-state index in [0.29, 0.717) is 6.42 Å². The van der Waals surface area contributed by atoms with Gasteiger partial charge < -0.3 is 5.11 Å². The van der Waals surface area contributed by atoms with Gasteiger partial charge in [0.1, 0.15) is 12.2 Å². The third-order valence-electron chi connectivity index (χ3n) is 1.96. The van der Waals surface area contributed by atoms with Crippen LogP contribution in [0, 0.1) is 0 Å². The monoisotopic (exact) mass is 198 g/mol. The van der Waals surface area contributed by atoms with Crippen molar-refractivity contribution in [2.24, 2.45) is 0 Å². The summed E-state index contributed by atoms with van der Waals surface area (Å²) in [6.07, 6.45) is 6.98. The number of carbonyl (C=O) groups excluding carboxylic acids is 1. The molecule has 0 unspecified atom stereocenters. The Balaban J connectivity index is 3.23. The molecule has 0 bridgehead atoms. The Morgan fingerprint density at radius 3 is 2.36 bits per heavy atom. The van der Waals surface area contributed by atoms with Crippen molar-refractivity contribution >= 4 is 11.8 Å². The van der Waals surface area contributed by atoms with Crippen molar-refractivity contribution in [3.05, 3.63) is 12.7 Å². The summed E-state index contributed by atoms with van der Waals surface area (Å²) in [5.41, 5.74) is 0. The fraction of sp³-hybridized carbons (Fsp3) is 0.636. The Morgan fingerprint density at radius 1 is 1.14 bits per heavy atom. The van der Waals surface area contributed by atoms with Gasteiger partial charge in [-0.3, -0.25) is 9.59 Å². The molecule has 0 saturated heterocycles. The molecule has 0 aromatic heterocycles. The molecule has 0 aliphatic carbocycles. The van der Waals surface area contributed by atoms with E-state index in [-0.39, 0.29) is 12.2 Å². The third kappa shape index (κ3) is 8.97. The van der Waals surface area contributed by atoms with Crippen molar-refractivity contribution in [3.63, 3.8) is 0 Å². The molecule has 0 atom stereocenters. The van der Waals surface area contributed by atoms with Gasteiger partial charge in [-0.2, -0.15) is 0 Å². The highest BCUT2D eigenvalue weighted by Gasteiger charge is 2.06. The first kappa shape index (κ1) is 12.9. The maximum Gasteiger partial charge on any atom is 0.310 e. The SMILES string of the molecule is C=CCCCCCCC(=O)CC(=O)O. The van der Waals surface area contributed by atoms with E-state index in [2.05, 4.69) is 6.58 Å². The summed E-state index contributed by atoms with van der Waals surface area (Å²) in [6, 6.07) is 0. The number of carboxylic acid groups (broad SMARTS) is 1. The minimum Gasteiger partial charge on any atom is -0.481 e. The smallest absolute Gasteiger partial charge is 0.310 e. The van der Waals surface area contributed by atoms with Gasteiger partial charge in [-0.15, -0.1) is 6.58 Å². The van der Waals surface area contributed by atoms with E-state index in [4.69, 9.17) is 5.11 Å². The van der Waals surface area contributed by atoms with Crippen LogP contribution in [0.2, 0.25) is 0 Å². The van der Waals surface area contributed by atoms with Crippen molar-refractivity contribution in [1.29, 1.82) is 0 Å². The lowest BCUT2D eigenvalue weighted by Gasteiger charge is -1.98. The summed E-state index contributed by atoms with van der Waals surface area (Å²) in [7, 11) is 0. The molecule has 0 amide bonds. The summed E-state index contributed by atoms with van der Waals surface area (Å²) in [5.74, 6) is -1.19. The average Bonchev–Trinajstić information content (AvgIpc) is 2.10. The molecule has 14 heavy (non-hydrogen) atoms. The molecule has 1 N–H and O–H groups in total. The second-order valence-electron chi connectivity index (χ2n) is 3.35. The summed E-state index contributed by atoms with van der Waals surface area (Å²) >= 11 is 0. The molecule has 0 radical (unpaired) electrons. The third-order valence-corrected chi connectivity index (χ3v) is 1.96. The number of allylic oxidation sites excluding steroid dienone is 1. The van der Waals surface area contributed by atoms with Crippen molar-refractivity contribution in [1.82, 2.24) is 0 Å². The maximum atomic E-state index is 10.9. The number of ketones is 1. The Morgan fingerprint density at radius 2 is 1.79 bits per heavy atom. The van der Waals surface area contributed by atoms with Crippen molar-refractivity contribution in [2.45, 2.75) is 44.9 Å². The number of hydrogen-bond acceptors (Lipinski definition) is 2. The van der Waals surface area contributed by atoms with E-state index < -0.39 is 5.97 Å². The topological polar surface area (TPSA) is 54.4 Å². The number of aliphatic carboxylic acids is 1. The molecule has 3 nitrogen and oxygen atoms in total. The van der Waals surface area contributed by atoms with Crippen LogP contribution in [-0.2, 0) is 9.59 Å². The summed E-state index contributed by atoms with van der Waals surface area (Å²) in [6.45, 7) is 3.62. The zero-order valence-electron chi connectivity index (χ0n) is 8.50. The zero-order valence-corrected chi connectivity index (χ0v) is 8.50. The van der Waals surface area contributed by atoms with E-state index in [0.717, 1.165) is 32.1 Å². The van der Waals surface area contributed by atoms with Crippen LogP contribution >= 0.6 is 0 Å². The molecule has 3 heteroatoms. The first-order valence-electron chi connectivity index (χ1n) is 5.01. The molecular formula is C11H18O3. The van der Waals surface area contributed by atoms with Gasteiger partial charge in [-0.05, 0) is 19.3 Å². The van der Waals surface area contributed by atoms with Gasteiger partial charge >= 0.3 is 5.97 Å². The quantitative estimate of drug-likeness (QED) is 0.352. The Bertz CT molecular complexity index is 197. The van der Waals surface area contributed by atoms with Gasteiger partial charge in [-0.1, -0.05) is 18.9 Å². The van der Waals surface area contributed by atoms with Crippen LogP contribution in [-0.4, -0.2) is 16.9 Å². The van der Waals surface area contributed by atoms with Gasteiger partial charge in [0.25, 0.3) is 0 Å². The fourth-order valence-corrected chi connectivity index (χ4v) is 1.22. The highest BCUT2D eigenvalue weighted by atomic mass is 16.4. The summed E-state index contributed by atoms with van der Waals surface area (Å²) < 4.78 is 0. The molecule has 0 rings (SSSR count). The molecular weight excluding hydrogens is 180 g/mol. The van der Waals surface area contributed by atoms with E-state index in [1.54, 1.807) is 0 Å². The van der Waals surface area contributed by atoms with Crippen LogP contribution in [0.15, 0.2) is 12.7 Å². The van der Waals surface area contributed by atoms with Gasteiger partial charge in [0.05, 0.1) is 0 Å². The van der Waals surface area contributed by atoms with E-state index in [1.165, 1.54) is 0 Å². The van der Waals surface area contributed by atoms with Crippen molar-refractivity contribution in [3.8, 4) is 0 Å². The normalized spacial score (nSPS) is 9.71. The molecule has 0 aliphatic rings. The lowest BCUT2D eigenvalue weighted by Crippen LogP contribution is -2.05. The van der Waals surface area contributed by atoms with Crippen molar-refractivity contribution in [2.75, 3.05) is 0 Å². The van der Waals surface area contributed by atoms with Gasteiger partial charge in [0.2, 0.25) is 0 Å². The fourth-order valence-electron chi connectivity index (χ4n) is 1.22. The van der Waals surface area contributed by atoms with Crippen LogP contribution < -0.4 is 0 Å². The summed E-state index contributed by atoms with van der Waals surface area (Å²) in [4.78, 5) is 21.1. The molecule has 80 valence electrons. The molecule has 0 aromatic rings. The first-order chi connectivity index (χ1) is 6.66. The van der Waals surface area contributed by atoms with E-state index in [9.17, 15) is 9.59 Å². The van der Waals surface area contributed by atoms with Gasteiger partial charge in [-0.25, -0.2) is 0 Å². The second kappa shape index (κ2) is 8.48. The van der Waals surface area contributed by atoms with Crippen LogP contribution in [0.1, 0.15) is 44.9 Å². The second-order valence-corrected chi connectivity index (χ2v) is 3.35. The van der Waals surface area contributed by atoms with E-state index in [1.807, 2.05) is 6.08 Å².